The van der Waals surface area contributed by atoms with Crippen LogP contribution in [0.3, 0.4) is 0 Å². The summed E-state index contributed by atoms with van der Waals surface area (Å²) in [6.45, 7) is 4.82. The molecule has 0 amide bonds. The molecule has 0 N–H and O–H groups in total. The van der Waals surface area contributed by atoms with E-state index in [9.17, 15) is 0 Å². The van der Waals surface area contributed by atoms with Gasteiger partial charge in [-0.25, -0.2) is 9.97 Å². The fourth-order valence-electron chi connectivity index (χ4n) is 1.60. The van der Waals surface area contributed by atoms with Gasteiger partial charge in [0.25, 0.3) is 0 Å². The van der Waals surface area contributed by atoms with Gasteiger partial charge in [0.1, 0.15) is 11.0 Å². The maximum absolute atomic E-state index is 5.92. The Morgan fingerprint density at radius 3 is 2.88 bits per heavy atom. The van der Waals surface area contributed by atoms with Gasteiger partial charge in [-0.2, -0.15) is 5.10 Å². The first kappa shape index (κ1) is 11.1. The minimum absolute atomic E-state index is 0.465. The largest absolute Gasteiger partial charge is 0.263 e. The maximum Gasteiger partial charge on any atom is 0.133 e. The van der Waals surface area contributed by atoms with Crippen molar-refractivity contribution in [3.05, 3.63) is 29.3 Å². The monoisotopic (exact) mass is 236 g/mol. The molecule has 2 rings (SSSR count). The van der Waals surface area contributed by atoms with Crippen molar-refractivity contribution < 1.29 is 0 Å². The molecule has 0 unspecified atom stereocenters. The first-order valence-electron chi connectivity index (χ1n) is 5.24. The van der Waals surface area contributed by atoms with E-state index in [1.165, 1.54) is 0 Å². The average molecular weight is 237 g/mol. The number of aryl methyl sites for hydroxylation is 2. The van der Waals surface area contributed by atoms with Gasteiger partial charge in [0.05, 0.1) is 11.4 Å². The van der Waals surface area contributed by atoms with Crippen molar-refractivity contribution in [2.24, 2.45) is 0 Å². The summed E-state index contributed by atoms with van der Waals surface area (Å²) in [7, 11) is 0. The third-order valence-corrected chi connectivity index (χ3v) is 2.41. The summed E-state index contributed by atoms with van der Waals surface area (Å²) in [5, 5.41) is 4.72. The van der Waals surface area contributed by atoms with Crippen molar-refractivity contribution in [1.82, 2.24) is 19.7 Å². The van der Waals surface area contributed by atoms with Gasteiger partial charge in [-0.3, -0.25) is 4.68 Å². The molecule has 0 saturated heterocycles. The molecule has 0 aliphatic carbocycles. The summed E-state index contributed by atoms with van der Waals surface area (Å²) < 4.78 is 1.93. The van der Waals surface area contributed by atoms with Crippen LogP contribution in [0.1, 0.15) is 19.2 Å². The number of halogens is 1. The van der Waals surface area contributed by atoms with Crippen LogP contribution >= 0.6 is 11.6 Å². The molecule has 0 saturated carbocycles. The molecular weight excluding hydrogens is 224 g/mol. The number of hydrogen-bond donors (Lipinski definition) is 0. The lowest BCUT2D eigenvalue weighted by Gasteiger charge is -2.06. The quantitative estimate of drug-likeness (QED) is 0.770. The highest BCUT2D eigenvalue weighted by atomic mass is 35.5. The van der Waals surface area contributed by atoms with E-state index in [1.807, 2.05) is 17.7 Å². The highest BCUT2D eigenvalue weighted by Crippen LogP contribution is 2.19. The van der Waals surface area contributed by atoms with Crippen molar-refractivity contribution in [2.45, 2.75) is 26.8 Å². The second-order valence-electron chi connectivity index (χ2n) is 3.56. The second-order valence-corrected chi connectivity index (χ2v) is 3.95. The smallest absolute Gasteiger partial charge is 0.133 e. The maximum atomic E-state index is 5.92. The van der Waals surface area contributed by atoms with E-state index in [0.29, 0.717) is 11.0 Å². The highest BCUT2D eigenvalue weighted by molar-refractivity contribution is 6.29. The molecular formula is C11H13ClN4. The van der Waals surface area contributed by atoms with Crippen molar-refractivity contribution in [3.8, 4) is 11.4 Å². The molecule has 0 aromatic carbocycles. The van der Waals surface area contributed by atoms with Gasteiger partial charge in [-0.15, -0.1) is 0 Å². The predicted octanol–water partition coefficient (Wildman–Crippen LogP) is 2.71. The van der Waals surface area contributed by atoms with Crippen LogP contribution in [0.25, 0.3) is 11.4 Å². The Bertz CT molecular complexity index is 472. The van der Waals surface area contributed by atoms with Gasteiger partial charge < -0.3 is 0 Å². The van der Waals surface area contributed by atoms with Gasteiger partial charge in [-0.1, -0.05) is 18.5 Å². The van der Waals surface area contributed by atoms with Gasteiger partial charge >= 0.3 is 0 Å². The zero-order chi connectivity index (χ0) is 11.5. The van der Waals surface area contributed by atoms with Gasteiger partial charge in [0, 0.05) is 18.8 Å². The molecule has 4 nitrogen and oxygen atoms in total. The lowest BCUT2D eigenvalue weighted by molar-refractivity contribution is 0.608. The van der Waals surface area contributed by atoms with Gasteiger partial charge in [0.2, 0.25) is 0 Å². The fraction of sp³-hybridized carbons (Fsp3) is 0.364. The minimum Gasteiger partial charge on any atom is -0.263 e. The standard InChI is InChI=1S/C11H13ClN4/c1-3-6-16-10(4-5-13-16)9-7-11(12)15-8(2)14-9/h4-5,7H,3,6H2,1-2H3. The Morgan fingerprint density at radius 2 is 2.19 bits per heavy atom. The summed E-state index contributed by atoms with van der Waals surface area (Å²) in [4.78, 5) is 8.41. The van der Waals surface area contributed by atoms with Crippen LogP contribution < -0.4 is 0 Å². The first-order valence-corrected chi connectivity index (χ1v) is 5.62. The summed E-state index contributed by atoms with van der Waals surface area (Å²) >= 11 is 5.92. The third-order valence-electron chi connectivity index (χ3n) is 2.22. The highest BCUT2D eigenvalue weighted by Gasteiger charge is 2.08. The van der Waals surface area contributed by atoms with Crippen LogP contribution in [-0.2, 0) is 6.54 Å². The molecule has 2 aromatic heterocycles. The Hall–Kier alpha value is -1.42. The Morgan fingerprint density at radius 1 is 1.38 bits per heavy atom. The van der Waals surface area contributed by atoms with Gasteiger partial charge in [0.15, 0.2) is 0 Å². The number of aromatic nitrogens is 4. The number of nitrogens with zero attached hydrogens (tertiary/aromatic N) is 4. The van der Waals surface area contributed by atoms with Crippen LogP contribution in [0.5, 0.6) is 0 Å². The van der Waals surface area contributed by atoms with E-state index < -0.39 is 0 Å². The molecule has 5 heteroatoms. The minimum atomic E-state index is 0.465. The van der Waals surface area contributed by atoms with Crippen LogP contribution in [0.4, 0.5) is 0 Å². The summed E-state index contributed by atoms with van der Waals surface area (Å²) in [5.41, 5.74) is 1.80. The molecule has 0 atom stereocenters. The Kier molecular flexibility index (Phi) is 3.19. The Labute approximate surface area is 99.3 Å². The van der Waals surface area contributed by atoms with Crippen LogP contribution in [0, 0.1) is 6.92 Å². The molecule has 2 heterocycles. The normalized spacial score (nSPS) is 10.7. The fourth-order valence-corrected chi connectivity index (χ4v) is 1.83. The van der Waals surface area contributed by atoms with E-state index >= 15 is 0 Å². The predicted molar refractivity (Wildman–Crippen MR) is 63.3 cm³/mol. The Balaban J connectivity index is 2.45. The average Bonchev–Trinajstić information content (AvgIpc) is 2.65. The number of hydrogen-bond acceptors (Lipinski definition) is 3. The molecule has 0 spiro atoms. The topological polar surface area (TPSA) is 43.6 Å². The molecule has 0 radical (unpaired) electrons. The lowest BCUT2D eigenvalue weighted by atomic mass is 10.3. The molecule has 16 heavy (non-hydrogen) atoms. The molecule has 0 fully saturated rings. The van der Waals surface area contributed by atoms with Crippen molar-refractivity contribution in [2.75, 3.05) is 0 Å². The van der Waals surface area contributed by atoms with Crippen molar-refractivity contribution >= 4 is 11.6 Å². The van der Waals surface area contributed by atoms with Crippen LogP contribution in [-0.4, -0.2) is 19.7 Å². The molecule has 84 valence electrons. The summed E-state index contributed by atoms with van der Waals surface area (Å²) in [6, 6.07) is 3.70. The summed E-state index contributed by atoms with van der Waals surface area (Å²) in [6.07, 6.45) is 2.81. The summed E-state index contributed by atoms with van der Waals surface area (Å²) in [5.74, 6) is 0.673. The van der Waals surface area contributed by atoms with Gasteiger partial charge in [-0.05, 0) is 19.4 Å². The zero-order valence-corrected chi connectivity index (χ0v) is 10.1. The van der Waals surface area contributed by atoms with E-state index in [4.69, 9.17) is 11.6 Å². The SMILES string of the molecule is CCCn1nccc1-c1cc(Cl)nc(C)n1. The molecule has 2 aromatic rings. The number of rotatable bonds is 3. The zero-order valence-electron chi connectivity index (χ0n) is 9.31. The van der Waals surface area contributed by atoms with Crippen LogP contribution in [0.2, 0.25) is 5.15 Å². The molecule has 0 aliphatic rings. The lowest BCUT2D eigenvalue weighted by Crippen LogP contribution is -2.03. The van der Waals surface area contributed by atoms with E-state index in [-0.39, 0.29) is 0 Å². The second kappa shape index (κ2) is 4.61. The molecule has 0 bridgehead atoms. The molecule has 0 aliphatic heterocycles. The third kappa shape index (κ3) is 2.22. The first-order chi connectivity index (χ1) is 7.70. The van der Waals surface area contributed by atoms with E-state index in [0.717, 1.165) is 24.4 Å². The van der Waals surface area contributed by atoms with Crippen molar-refractivity contribution in [1.29, 1.82) is 0 Å². The van der Waals surface area contributed by atoms with E-state index in [2.05, 4.69) is 22.0 Å². The van der Waals surface area contributed by atoms with Crippen molar-refractivity contribution in [3.63, 3.8) is 0 Å². The van der Waals surface area contributed by atoms with E-state index in [1.54, 1.807) is 12.3 Å². The van der Waals surface area contributed by atoms with Crippen LogP contribution in [0.15, 0.2) is 18.3 Å².